The molecule has 136 valence electrons. The summed E-state index contributed by atoms with van der Waals surface area (Å²) in [4.78, 5) is 13.1. The van der Waals surface area contributed by atoms with Gasteiger partial charge in [-0.2, -0.15) is 9.61 Å². The van der Waals surface area contributed by atoms with Crippen molar-refractivity contribution in [2.75, 3.05) is 5.32 Å². The lowest BCUT2D eigenvalue weighted by molar-refractivity contribution is 0.102. The topological polar surface area (TPSA) is 72.2 Å². The number of benzene rings is 2. The molecule has 0 unspecified atom stereocenters. The zero-order valence-electron chi connectivity index (χ0n) is 14.5. The number of hydrogen-bond donors (Lipinski definition) is 1. The zero-order chi connectivity index (χ0) is 18.8. The third-order valence-electron chi connectivity index (χ3n) is 4.04. The van der Waals surface area contributed by atoms with Gasteiger partial charge in [0, 0.05) is 17.7 Å². The molecule has 0 saturated carbocycles. The van der Waals surface area contributed by atoms with E-state index in [2.05, 4.69) is 27.5 Å². The Bertz CT molecular complexity index is 1100. The van der Waals surface area contributed by atoms with Crippen molar-refractivity contribution in [2.45, 2.75) is 19.8 Å². The SMILES string of the molecule is CCCc1nnc2sc(-c3ccc(NC(=O)c4ccccc4Cl)cc3)nn12. The largest absolute Gasteiger partial charge is 0.322 e. The van der Waals surface area contributed by atoms with E-state index in [-0.39, 0.29) is 5.91 Å². The van der Waals surface area contributed by atoms with Gasteiger partial charge >= 0.3 is 0 Å². The average Bonchev–Trinajstić information content (AvgIpc) is 3.25. The Morgan fingerprint density at radius 1 is 1.15 bits per heavy atom. The number of nitrogens with zero attached hydrogens (tertiary/aromatic N) is 4. The normalized spacial score (nSPS) is 11.0. The molecule has 0 aliphatic carbocycles. The van der Waals surface area contributed by atoms with Gasteiger partial charge in [0.15, 0.2) is 5.82 Å². The van der Waals surface area contributed by atoms with Crippen LogP contribution in [0.4, 0.5) is 5.69 Å². The van der Waals surface area contributed by atoms with Crippen molar-refractivity contribution in [1.82, 2.24) is 19.8 Å². The molecular formula is C19H16ClN5OS. The molecule has 0 bridgehead atoms. The Labute approximate surface area is 164 Å². The van der Waals surface area contributed by atoms with E-state index in [9.17, 15) is 4.79 Å². The number of amides is 1. The van der Waals surface area contributed by atoms with Gasteiger partial charge in [-0.25, -0.2) is 0 Å². The van der Waals surface area contributed by atoms with E-state index in [4.69, 9.17) is 11.6 Å². The fourth-order valence-corrected chi connectivity index (χ4v) is 3.78. The summed E-state index contributed by atoms with van der Waals surface area (Å²) in [5, 5.41) is 17.1. The van der Waals surface area contributed by atoms with Gasteiger partial charge < -0.3 is 5.32 Å². The molecule has 0 saturated heterocycles. The van der Waals surface area contributed by atoms with Crippen LogP contribution in [0.15, 0.2) is 48.5 Å². The zero-order valence-corrected chi connectivity index (χ0v) is 16.1. The summed E-state index contributed by atoms with van der Waals surface area (Å²) in [6, 6.07) is 14.5. The van der Waals surface area contributed by atoms with Crippen LogP contribution in [0.3, 0.4) is 0 Å². The van der Waals surface area contributed by atoms with Crippen molar-refractivity contribution in [1.29, 1.82) is 0 Å². The number of aromatic nitrogens is 4. The number of fused-ring (bicyclic) bond motifs is 1. The predicted octanol–water partition coefficient (Wildman–Crippen LogP) is 4.71. The summed E-state index contributed by atoms with van der Waals surface area (Å²) in [7, 11) is 0. The Balaban J connectivity index is 1.54. The van der Waals surface area contributed by atoms with Gasteiger partial charge in [0.05, 0.1) is 10.6 Å². The van der Waals surface area contributed by atoms with Crippen LogP contribution in [0.25, 0.3) is 15.5 Å². The highest BCUT2D eigenvalue weighted by Crippen LogP contribution is 2.27. The molecule has 0 aliphatic heterocycles. The molecule has 4 aromatic rings. The minimum atomic E-state index is -0.239. The van der Waals surface area contributed by atoms with E-state index in [1.807, 2.05) is 24.3 Å². The maximum Gasteiger partial charge on any atom is 0.257 e. The molecule has 2 heterocycles. The molecule has 0 spiro atoms. The van der Waals surface area contributed by atoms with E-state index < -0.39 is 0 Å². The second-order valence-electron chi connectivity index (χ2n) is 5.98. The molecule has 8 heteroatoms. The van der Waals surface area contributed by atoms with Crippen molar-refractivity contribution in [3.63, 3.8) is 0 Å². The quantitative estimate of drug-likeness (QED) is 0.529. The van der Waals surface area contributed by atoms with Gasteiger partial charge in [-0.15, -0.1) is 10.2 Å². The van der Waals surface area contributed by atoms with Gasteiger partial charge in [-0.05, 0) is 42.8 Å². The van der Waals surface area contributed by atoms with Gasteiger partial charge in [0.2, 0.25) is 4.96 Å². The fraction of sp³-hybridized carbons (Fsp3) is 0.158. The van der Waals surface area contributed by atoms with Crippen molar-refractivity contribution >= 4 is 39.5 Å². The van der Waals surface area contributed by atoms with Gasteiger partial charge in [0.25, 0.3) is 5.91 Å². The van der Waals surface area contributed by atoms with Crippen molar-refractivity contribution < 1.29 is 4.79 Å². The number of halogens is 1. The lowest BCUT2D eigenvalue weighted by atomic mass is 10.2. The Morgan fingerprint density at radius 3 is 2.67 bits per heavy atom. The molecule has 4 rings (SSSR count). The number of hydrogen-bond acceptors (Lipinski definition) is 5. The number of rotatable bonds is 5. The molecule has 1 N–H and O–H groups in total. The molecule has 0 aliphatic rings. The molecule has 0 atom stereocenters. The smallest absolute Gasteiger partial charge is 0.257 e. The van der Waals surface area contributed by atoms with Gasteiger partial charge in [-0.1, -0.05) is 42.0 Å². The van der Waals surface area contributed by atoms with E-state index in [1.54, 1.807) is 28.8 Å². The van der Waals surface area contributed by atoms with Crippen molar-refractivity contribution in [3.05, 3.63) is 64.9 Å². The Kier molecular flexibility index (Phi) is 4.87. The first-order chi connectivity index (χ1) is 13.2. The highest BCUT2D eigenvalue weighted by Gasteiger charge is 2.13. The summed E-state index contributed by atoms with van der Waals surface area (Å²) in [5.41, 5.74) is 2.10. The van der Waals surface area contributed by atoms with Crippen LogP contribution < -0.4 is 5.32 Å². The minimum absolute atomic E-state index is 0.239. The predicted molar refractivity (Wildman–Crippen MR) is 107 cm³/mol. The number of anilines is 1. The van der Waals surface area contributed by atoms with Gasteiger partial charge in [0.1, 0.15) is 5.01 Å². The van der Waals surface area contributed by atoms with Crippen LogP contribution in [-0.2, 0) is 6.42 Å². The molecule has 6 nitrogen and oxygen atoms in total. The standard InChI is InChI=1S/C19H16ClN5OS/c1-2-5-16-22-23-19-25(16)24-18(27-19)12-8-10-13(11-9-12)21-17(26)14-6-3-4-7-15(14)20/h3-4,6-11H,2,5H2,1H3,(H,21,26). The molecule has 0 fully saturated rings. The highest BCUT2D eigenvalue weighted by molar-refractivity contribution is 7.19. The molecule has 0 radical (unpaired) electrons. The molecule has 2 aromatic carbocycles. The maximum atomic E-state index is 12.3. The van der Waals surface area contributed by atoms with Crippen LogP contribution in [0.5, 0.6) is 0 Å². The van der Waals surface area contributed by atoms with Crippen LogP contribution in [0, 0.1) is 0 Å². The molecular weight excluding hydrogens is 382 g/mol. The summed E-state index contributed by atoms with van der Waals surface area (Å²) in [5.74, 6) is 0.634. The van der Waals surface area contributed by atoms with Crippen LogP contribution in [-0.4, -0.2) is 25.7 Å². The summed E-state index contributed by atoms with van der Waals surface area (Å²) in [6.45, 7) is 2.10. The second kappa shape index (κ2) is 7.46. The average molecular weight is 398 g/mol. The van der Waals surface area contributed by atoms with Crippen LogP contribution in [0.2, 0.25) is 5.02 Å². The first-order valence-corrected chi connectivity index (χ1v) is 9.72. The maximum absolute atomic E-state index is 12.3. The van der Waals surface area contributed by atoms with E-state index in [1.165, 1.54) is 11.3 Å². The number of nitrogens with one attached hydrogen (secondary N) is 1. The van der Waals surface area contributed by atoms with Crippen molar-refractivity contribution in [3.8, 4) is 10.6 Å². The minimum Gasteiger partial charge on any atom is -0.322 e. The van der Waals surface area contributed by atoms with E-state index in [0.29, 0.717) is 16.3 Å². The van der Waals surface area contributed by atoms with Crippen molar-refractivity contribution in [2.24, 2.45) is 0 Å². The first-order valence-electron chi connectivity index (χ1n) is 8.53. The highest BCUT2D eigenvalue weighted by atomic mass is 35.5. The van der Waals surface area contributed by atoms with E-state index in [0.717, 1.165) is 34.2 Å². The van der Waals surface area contributed by atoms with Crippen LogP contribution in [0.1, 0.15) is 29.5 Å². The summed E-state index contributed by atoms with van der Waals surface area (Å²) < 4.78 is 1.80. The Morgan fingerprint density at radius 2 is 1.93 bits per heavy atom. The first kappa shape index (κ1) is 17.6. The monoisotopic (exact) mass is 397 g/mol. The number of carbonyl (C=O) groups is 1. The lowest BCUT2D eigenvalue weighted by Crippen LogP contribution is -2.12. The van der Waals surface area contributed by atoms with Crippen LogP contribution >= 0.6 is 22.9 Å². The molecule has 27 heavy (non-hydrogen) atoms. The van der Waals surface area contributed by atoms with E-state index >= 15 is 0 Å². The Hall–Kier alpha value is -2.77. The number of aryl methyl sites for hydroxylation is 1. The summed E-state index contributed by atoms with van der Waals surface area (Å²) in [6.07, 6.45) is 1.84. The molecule has 2 aromatic heterocycles. The third-order valence-corrected chi connectivity index (χ3v) is 5.31. The third kappa shape index (κ3) is 3.56. The van der Waals surface area contributed by atoms with Gasteiger partial charge in [-0.3, -0.25) is 4.79 Å². The number of carbonyl (C=O) groups excluding carboxylic acids is 1. The summed E-state index contributed by atoms with van der Waals surface area (Å²) >= 11 is 7.56. The second-order valence-corrected chi connectivity index (χ2v) is 7.34. The molecule has 1 amide bonds. The fourth-order valence-electron chi connectivity index (χ4n) is 2.69. The lowest BCUT2D eigenvalue weighted by Gasteiger charge is -2.07.